The number of anilines is 1. The molecular formula is C23H28F2N4O2. The number of halogens is 2. The van der Waals surface area contributed by atoms with Crippen molar-refractivity contribution in [1.82, 2.24) is 14.9 Å². The number of carbonyl (C=O) groups is 1. The van der Waals surface area contributed by atoms with Gasteiger partial charge in [-0.3, -0.25) is 4.79 Å². The predicted octanol–water partition coefficient (Wildman–Crippen LogP) is 2.84. The van der Waals surface area contributed by atoms with E-state index in [2.05, 4.69) is 9.97 Å². The van der Waals surface area contributed by atoms with Crippen LogP contribution in [-0.2, 0) is 4.79 Å². The molecule has 2 aliphatic rings. The van der Waals surface area contributed by atoms with Crippen molar-refractivity contribution >= 4 is 11.6 Å². The van der Waals surface area contributed by atoms with Gasteiger partial charge >= 0.3 is 0 Å². The van der Waals surface area contributed by atoms with Crippen LogP contribution in [0.25, 0.3) is 0 Å². The fourth-order valence-electron chi connectivity index (χ4n) is 4.84. The molecule has 8 heteroatoms. The number of nitrogens with zero attached hydrogens (tertiary/aromatic N) is 4. The van der Waals surface area contributed by atoms with Gasteiger partial charge in [0, 0.05) is 50.0 Å². The van der Waals surface area contributed by atoms with Crippen molar-refractivity contribution in [2.24, 2.45) is 17.8 Å². The molecule has 2 saturated heterocycles. The Kier molecular flexibility index (Phi) is 5.68. The normalized spacial score (nSPS) is 31.2. The second-order valence-electron chi connectivity index (χ2n) is 9.15. The first-order chi connectivity index (χ1) is 14.7. The van der Waals surface area contributed by atoms with Gasteiger partial charge in [0.05, 0.1) is 29.6 Å². The fourth-order valence-corrected chi connectivity index (χ4v) is 4.84. The second kappa shape index (κ2) is 8.15. The lowest BCUT2D eigenvalue weighted by Gasteiger charge is -2.46. The van der Waals surface area contributed by atoms with E-state index in [0.29, 0.717) is 31.7 Å². The Labute approximate surface area is 180 Å². The van der Waals surface area contributed by atoms with E-state index < -0.39 is 29.1 Å². The number of likely N-dealkylation sites (tertiary alicyclic amines) is 1. The predicted molar refractivity (Wildman–Crippen MR) is 112 cm³/mol. The molecule has 1 unspecified atom stereocenters. The molecule has 1 aromatic heterocycles. The molecule has 0 aliphatic carbocycles. The molecular weight excluding hydrogens is 402 g/mol. The Morgan fingerprint density at radius 1 is 1.10 bits per heavy atom. The number of hydrogen-bond donors (Lipinski definition) is 1. The number of rotatable bonds is 3. The molecule has 2 fully saturated rings. The van der Waals surface area contributed by atoms with Gasteiger partial charge in [-0.1, -0.05) is 19.9 Å². The molecule has 31 heavy (non-hydrogen) atoms. The largest absolute Gasteiger partial charge is 0.389 e. The Hall–Kier alpha value is -2.61. The van der Waals surface area contributed by atoms with Gasteiger partial charge in [-0.05, 0) is 18.6 Å². The van der Waals surface area contributed by atoms with Crippen LogP contribution in [0.5, 0.6) is 0 Å². The summed E-state index contributed by atoms with van der Waals surface area (Å²) in [5.41, 5.74) is 0.250. The smallest absolute Gasteiger partial charge is 0.228 e. The average molecular weight is 430 g/mol. The number of benzene rings is 1. The lowest BCUT2D eigenvalue weighted by molar-refractivity contribution is -0.148. The Morgan fingerprint density at radius 2 is 1.74 bits per heavy atom. The lowest BCUT2D eigenvalue weighted by atomic mass is 9.76. The third kappa shape index (κ3) is 4.01. The maximum atomic E-state index is 14.7. The maximum Gasteiger partial charge on any atom is 0.228 e. The molecule has 6 nitrogen and oxygen atoms in total. The molecule has 2 aromatic rings. The third-order valence-electron chi connectivity index (χ3n) is 7.21. The highest BCUT2D eigenvalue weighted by Crippen LogP contribution is 2.39. The zero-order valence-corrected chi connectivity index (χ0v) is 18.0. The Balaban J connectivity index is 1.64. The molecule has 0 saturated carbocycles. The van der Waals surface area contributed by atoms with E-state index in [-0.39, 0.29) is 17.7 Å². The summed E-state index contributed by atoms with van der Waals surface area (Å²) >= 11 is 0. The van der Waals surface area contributed by atoms with Gasteiger partial charge in [0.1, 0.15) is 18.0 Å². The highest BCUT2D eigenvalue weighted by molar-refractivity contribution is 5.82. The van der Waals surface area contributed by atoms with Crippen LogP contribution in [-0.4, -0.2) is 57.7 Å². The number of aromatic nitrogens is 2. The van der Waals surface area contributed by atoms with Gasteiger partial charge in [0.25, 0.3) is 0 Å². The molecule has 4 rings (SSSR count). The van der Waals surface area contributed by atoms with Crippen molar-refractivity contribution in [3.05, 3.63) is 54.1 Å². The van der Waals surface area contributed by atoms with Gasteiger partial charge in [-0.25, -0.2) is 18.7 Å². The average Bonchev–Trinajstić information content (AvgIpc) is 3.17. The van der Waals surface area contributed by atoms with E-state index in [4.69, 9.17) is 0 Å². The lowest BCUT2D eigenvalue weighted by Crippen LogP contribution is -2.57. The van der Waals surface area contributed by atoms with Crippen molar-refractivity contribution in [3.63, 3.8) is 0 Å². The van der Waals surface area contributed by atoms with Gasteiger partial charge in [-0.2, -0.15) is 0 Å². The first-order valence-electron chi connectivity index (χ1n) is 10.6. The fraction of sp³-hybridized carbons (Fsp3) is 0.522. The summed E-state index contributed by atoms with van der Waals surface area (Å²) in [6.07, 6.45) is 4.77. The van der Waals surface area contributed by atoms with E-state index in [1.54, 1.807) is 17.3 Å². The van der Waals surface area contributed by atoms with Gasteiger partial charge in [0.15, 0.2) is 0 Å². The van der Waals surface area contributed by atoms with Crippen LogP contribution in [0.4, 0.5) is 14.5 Å². The number of carbonyl (C=O) groups excluding carboxylic acids is 1. The summed E-state index contributed by atoms with van der Waals surface area (Å²) in [6.45, 7) is 7.38. The Morgan fingerprint density at radius 3 is 2.35 bits per heavy atom. The standard InChI is InChI=1S/C23H28F2N4O2/c1-14-9-29(10-15(2)23(14,3)31)22(30)20-12-28(17-7-26-13-27-8-17)11-19(20)18-5-4-16(24)6-21(18)25/h4-8,13-15,19-20,31H,9-12H2,1-3H3/t14-,15+,19-,20+,23?/m0/s1. The van der Waals surface area contributed by atoms with Crippen LogP contribution in [0.1, 0.15) is 32.3 Å². The minimum Gasteiger partial charge on any atom is -0.389 e. The summed E-state index contributed by atoms with van der Waals surface area (Å²) in [5.74, 6) is -2.44. The van der Waals surface area contributed by atoms with E-state index >= 15 is 0 Å². The van der Waals surface area contributed by atoms with E-state index in [0.717, 1.165) is 11.8 Å². The molecule has 3 heterocycles. The van der Waals surface area contributed by atoms with Crippen LogP contribution >= 0.6 is 0 Å². The molecule has 0 radical (unpaired) electrons. The van der Waals surface area contributed by atoms with E-state index in [9.17, 15) is 18.7 Å². The van der Waals surface area contributed by atoms with Gasteiger partial charge < -0.3 is 14.9 Å². The number of hydrogen-bond acceptors (Lipinski definition) is 5. The zero-order chi connectivity index (χ0) is 22.3. The van der Waals surface area contributed by atoms with Crippen molar-refractivity contribution < 1.29 is 18.7 Å². The van der Waals surface area contributed by atoms with Crippen molar-refractivity contribution in [3.8, 4) is 0 Å². The SMILES string of the molecule is C[C@@H]1CN(C(=O)[C@@H]2CN(c3cncnc3)C[C@H]2c2ccc(F)cc2F)C[C@H](C)C1(C)O. The van der Waals surface area contributed by atoms with E-state index in [1.807, 2.05) is 25.7 Å². The summed E-state index contributed by atoms with van der Waals surface area (Å²) in [7, 11) is 0. The van der Waals surface area contributed by atoms with Crippen LogP contribution in [0.2, 0.25) is 0 Å². The number of amides is 1. The van der Waals surface area contributed by atoms with Crippen molar-refractivity contribution in [2.45, 2.75) is 32.3 Å². The molecule has 166 valence electrons. The van der Waals surface area contributed by atoms with Crippen LogP contribution in [0, 0.1) is 29.4 Å². The van der Waals surface area contributed by atoms with Crippen molar-refractivity contribution in [1.29, 1.82) is 0 Å². The molecule has 1 N–H and O–H groups in total. The summed E-state index contributed by atoms with van der Waals surface area (Å²) < 4.78 is 28.2. The molecule has 1 aromatic carbocycles. The Bertz CT molecular complexity index is 942. The number of aliphatic hydroxyl groups is 1. The zero-order valence-electron chi connectivity index (χ0n) is 18.0. The quantitative estimate of drug-likeness (QED) is 0.811. The highest BCUT2D eigenvalue weighted by atomic mass is 19.1. The molecule has 5 atom stereocenters. The summed E-state index contributed by atoms with van der Waals surface area (Å²) in [4.78, 5) is 25.5. The minimum absolute atomic E-state index is 0.0673. The topological polar surface area (TPSA) is 69.6 Å². The van der Waals surface area contributed by atoms with Crippen molar-refractivity contribution in [2.75, 3.05) is 31.1 Å². The monoisotopic (exact) mass is 430 g/mol. The molecule has 1 amide bonds. The van der Waals surface area contributed by atoms with Crippen LogP contribution in [0.3, 0.4) is 0 Å². The first-order valence-corrected chi connectivity index (χ1v) is 10.6. The van der Waals surface area contributed by atoms with E-state index in [1.165, 1.54) is 18.5 Å². The minimum atomic E-state index is -0.845. The second-order valence-corrected chi connectivity index (χ2v) is 9.15. The van der Waals surface area contributed by atoms with Gasteiger partial charge in [0.2, 0.25) is 5.91 Å². The van der Waals surface area contributed by atoms with Crippen LogP contribution in [0.15, 0.2) is 36.9 Å². The van der Waals surface area contributed by atoms with Gasteiger partial charge in [-0.15, -0.1) is 0 Å². The molecule has 0 bridgehead atoms. The number of piperidine rings is 1. The summed E-state index contributed by atoms with van der Waals surface area (Å²) in [6, 6.07) is 3.54. The van der Waals surface area contributed by atoms with Crippen LogP contribution < -0.4 is 4.90 Å². The first kappa shape index (κ1) is 21.6. The summed E-state index contributed by atoms with van der Waals surface area (Å²) in [5, 5.41) is 10.7. The molecule has 2 aliphatic heterocycles. The molecule has 0 spiro atoms. The maximum absolute atomic E-state index is 14.7. The third-order valence-corrected chi connectivity index (χ3v) is 7.21. The highest BCUT2D eigenvalue weighted by Gasteiger charge is 2.46.